The van der Waals surface area contributed by atoms with Gasteiger partial charge in [-0.15, -0.1) is 0 Å². The van der Waals surface area contributed by atoms with Crippen LogP contribution in [0.25, 0.3) is 0 Å². The summed E-state index contributed by atoms with van der Waals surface area (Å²) in [6.07, 6.45) is 0.187. The van der Waals surface area contributed by atoms with Crippen LogP contribution < -0.4 is 5.73 Å². The molecule has 1 aromatic rings. The SMILES string of the molecule is Cc1ccc(C(C)N2CCOC(CN)C2)c(C)c1. The lowest BCUT2D eigenvalue weighted by Gasteiger charge is -2.37. The number of aryl methyl sites for hydroxylation is 2. The monoisotopic (exact) mass is 248 g/mol. The minimum absolute atomic E-state index is 0.187. The second kappa shape index (κ2) is 5.83. The highest BCUT2D eigenvalue weighted by Gasteiger charge is 2.24. The van der Waals surface area contributed by atoms with Crippen molar-refractivity contribution in [3.63, 3.8) is 0 Å². The number of nitrogens with zero attached hydrogens (tertiary/aromatic N) is 1. The zero-order valence-corrected chi connectivity index (χ0v) is 11.6. The summed E-state index contributed by atoms with van der Waals surface area (Å²) in [5, 5.41) is 0. The third-order valence-electron chi connectivity index (χ3n) is 3.86. The second-order valence-corrected chi connectivity index (χ2v) is 5.26. The van der Waals surface area contributed by atoms with Gasteiger partial charge >= 0.3 is 0 Å². The number of benzene rings is 1. The van der Waals surface area contributed by atoms with Gasteiger partial charge in [0.25, 0.3) is 0 Å². The summed E-state index contributed by atoms with van der Waals surface area (Å²) in [4.78, 5) is 2.47. The fraction of sp³-hybridized carbons (Fsp3) is 0.600. The molecule has 1 aromatic carbocycles. The molecule has 1 heterocycles. The Morgan fingerprint density at radius 3 is 2.89 bits per heavy atom. The van der Waals surface area contributed by atoms with Gasteiger partial charge in [-0.3, -0.25) is 4.90 Å². The molecule has 1 aliphatic rings. The van der Waals surface area contributed by atoms with Crippen molar-refractivity contribution in [2.45, 2.75) is 32.9 Å². The topological polar surface area (TPSA) is 38.5 Å². The molecule has 1 saturated heterocycles. The van der Waals surface area contributed by atoms with E-state index in [0.717, 1.165) is 19.7 Å². The van der Waals surface area contributed by atoms with Crippen molar-refractivity contribution in [3.8, 4) is 0 Å². The number of ether oxygens (including phenoxy) is 1. The van der Waals surface area contributed by atoms with Crippen molar-refractivity contribution in [1.29, 1.82) is 0 Å². The quantitative estimate of drug-likeness (QED) is 0.889. The Hall–Kier alpha value is -0.900. The van der Waals surface area contributed by atoms with Crippen LogP contribution in [0, 0.1) is 13.8 Å². The van der Waals surface area contributed by atoms with Crippen LogP contribution >= 0.6 is 0 Å². The first-order valence-electron chi connectivity index (χ1n) is 6.74. The maximum absolute atomic E-state index is 5.70. The predicted octanol–water partition coefficient (Wildman–Crippen LogP) is 2.02. The highest BCUT2D eigenvalue weighted by molar-refractivity contribution is 5.32. The Kier molecular flexibility index (Phi) is 4.38. The molecule has 0 radical (unpaired) electrons. The van der Waals surface area contributed by atoms with Gasteiger partial charge in [-0.05, 0) is 31.9 Å². The molecule has 0 aromatic heterocycles. The summed E-state index contributed by atoms with van der Waals surface area (Å²) < 4.78 is 5.63. The molecule has 3 nitrogen and oxygen atoms in total. The maximum atomic E-state index is 5.70. The fourth-order valence-corrected chi connectivity index (χ4v) is 2.73. The number of hydrogen-bond donors (Lipinski definition) is 1. The Bertz CT molecular complexity index is 405. The van der Waals surface area contributed by atoms with Crippen molar-refractivity contribution < 1.29 is 4.74 Å². The van der Waals surface area contributed by atoms with E-state index in [1.54, 1.807) is 0 Å². The van der Waals surface area contributed by atoms with Crippen LogP contribution in [0.2, 0.25) is 0 Å². The van der Waals surface area contributed by atoms with Crippen molar-refractivity contribution in [2.75, 3.05) is 26.2 Å². The summed E-state index contributed by atoms with van der Waals surface area (Å²) in [5.41, 5.74) is 9.82. The fourth-order valence-electron chi connectivity index (χ4n) is 2.73. The van der Waals surface area contributed by atoms with Crippen LogP contribution in [0.4, 0.5) is 0 Å². The van der Waals surface area contributed by atoms with Crippen molar-refractivity contribution in [3.05, 3.63) is 34.9 Å². The lowest BCUT2D eigenvalue weighted by Crippen LogP contribution is -2.46. The second-order valence-electron chi connectivity index (χ2n) is 5.26. The van der Waals surface area contributed by atoms with Crippen molar-refractivity contribution in [1.82, 2.24) is 4.90 Å². The summed E-state index contributed by atoms with van der Waals surface area (Å²) in [5.74, 6) is 0. The first-order chi connectivity index (χ1) is 8.61. The van der Waals surface area contributed by atoms with Gasteiger partial charge in [0.05, 0.1) is 12.7 Å². The zero-order valence-electron chi connectivity index (χ0n) is 11.6. The predicted molar refractivity (Wildman–Crippen MR) is 74.7 cm³/mol. The molecule has 2 N–H and O–H groups in total. The molecule has 2 rings (SSSR count). The molecule has 0 saturated carbocycles. The van der Waals surface area contributed by atoms with Gasteiger partial charge in [-0.1, -0.05) is 23.8 Å². The van der Waals surface area contributed by atoms with Crippen LogP contribution in [0.1, 0.15) is 29.7 Å². The average molecular weight is 248 g/mol. The normalized spacial score (nSPS) is 23.0. The minimum atomic E-state index is 0.187. The van der Waals surface area contributed by atoms with Crippen LogP contribution in [0.5, 0.6) is 0 Å². The van der Waals surface area contributed by atoms with E-state index < -0.39 is 0 Å². The molecule has 3 heteroatoms. The number of rotatable bonds is 3. The molecule has 0 spiro atoms. The molecule has 0 aliphatic carbocycles. The Morgan fingerprint density at radius 1 is 1.44 bits per heavy atom. The van der Waals surface area contributed by atoms with E-state index in [2.05, 4.69) is 43.9 Å². The van der Waals surface area contributed by atoms with E-state index in [1.807, 2.05) is 0 Å². The molecule has 100 valence electrons. The van der Waals surface area contributed by atoms with Gasteiger partial charge in [-0.25, -0.2) is 0 Å². The van der Waals surface area contributed by atoms with Gasteiger partial charge in [0.1, 0.15) is 0 Å². The highest BCUT2D eigenvalue weighted by Crippen LogP contribution is 2.25. The van der Waals surface area contributed by atoms with Gasteiger partial charge in [0.15, 0.2) is 0 Å². The van der Waals surface area contributed by atoms with Crippen LogP contribution in [0.3, 0.4) is 0 Å². The van der Waals surface area contributed by atoms with Crippen LogP contribution in [-0.2, 0) is 4.74 Å². The lowest BCUT2D eigenvalue weighted by atomic mass is 9.98. The van der Waals surface area contributed by atoms with Crippen LogP contribution in [-0.4, -0.2) is 37.2 Å². The van der Waals surface area contributed by atoms with E-state index in [1.165, 1.54) is 16.7 Å². The van der Waals surface area contributed by atoms with Gasteiger partial charge < -0.3 is 10.5 Å². The highest BCUT2D eigenvalue weighted by atomic mass is 16.5. The molecule has 18 heavy (non-hydrogen) atoms. The first kappa shape index (κ1) is 13.5. The summed E-state index contributed by atoms with van der Waals surface area (Å²) in [7, 11) is 0. The van der Waals surface area contributed by atoms with Gasteiger partial charge in [0, 0.05) is 25.7 Å². The van der Waals surface area contributed by atoms with E-state index in [4.69, 9.17) is 10.5 Å². The van der Waals surface area contributed by atoms with Crippen molar-refractivity contribution >= 4 is 0 Å². The minimum Gasteiger partial charge on any atom is -0.374 e. The largest absolute Gasteiger partial charge is 0.374 e. The van der Waals surface area contributed by atoms with Gasteiger partial charge in [0.2, 0.25) is 0 Å². The third kappa shape index (κ3) is 2.91. The smallest absolute Gasteiger partial charge is 0.0824 e. The summed E-state index contributed by atoms with van der Waals surface area (Å²) in [6.45, 7) is 9.93. The molecule has 0 bridgehead atoms. The van der Waals surface area contributed by atoms with Gasteiger partial charge in [-0.2, -0.15) is 0 Å². The Labute approximate surface area is 110 Å². The molecule has 2 unspecified atom stereocenters. The zero-order chi connectivity index (χ0) is 13.1. The summed E-state index contributed by atoms with van der Waals surface area (Å²) in [6, 6.07) is 7.14. The van der Waals surface area contributed by atoms with E-state index in [-0.39, 0.29) is 6.10 Å². The Morgan fingerprint density at radius 2 is 2.22 bits per heavy atom. The molecule has 1 fully saturated rings. The van der Waals surface area contributed by atoms with Crippen molar-refractivity contribution in [2.24, 2.45) is 5.73 Å². The van der Waals surface area contributed by atoms with E-state index in [0.29, 0.717) is 12.6 Å². The standard InChI is InChI=1S/C15H24N2O/c1-11-4-5-15(12(2)8-11)13(3)17-6-7-18-14(9-16)10-17/h4-5,8,13-14H,6-7,9-10,16H2,1-3H3. The van der Waals surface area contributed by atoms with E-state index in [9.17, 15) is 0 Å². The van der Waals surface area contributed by atoms with Crippen LogP contribution in [0.15, 0.2) is 18.2 Å². The average Bonchev–Trinajstić information content (AvgIpc) is 2.38. The maximum Gasteiger partial charge on any atom is 0.0824 e. The molecule has 2 atom stereocenters. The number of nitrogens with two attached hydrogens (primary N) is 1. The first-order valence-corrected chi connectivity index (χ1v) is 6.74. The molecular weight excluding hydrogens is 224 g/mol. The molecule has 0 amide bonds. The van der Waals surface area contributed by atoms with E-state index >= 15 is 0 Å². The number of morpholine rings is 1. The molecule has 1 aliphatic heterocycles. The number of hydrogen-bond acceptors (Lipinski definition) is 3. The molecular formula is C15H24N2O. The summed E-state index contributed by atoms with van der Waals surface area (Å²) >= 11 is 0. The Balaban J connectivity index is 2.12. The third-order valence-corrected chi connectivity index (χ3v) is 3.86. The lowest BCUT2D eigenvalue weighted by molar-refractivity contribution is -0.0365.